The van der Waals surface area contributed by atoms with E-state index in [1.165, 1.54) is 28.9 Å². The summed E-state index contributed by atoms with van der Waals surface area (Å²) in [6, 6.07) is 0. The highest BCUT2D eigenvalue weighted by molar-refractivity contribution is 7.22. The lowest BCUT2D eigenvalue weighted by atomic mass is 10.4. The van der Waals surface area contributed by atoms with Crippen molar-refractivity contribution in [3.05, 3.63) is 16.3 Å². The van der Waals surface area contributed by atoms with Crippen molar-refractivity contribution in [2.24, 2.45) is 10.2 Å². The van der Waals surface area contributed by atoms with Crippen LogP contribution in [0.15, 0.2) is 16.4 Å². The Kier molecular flexibility index (Phi) is 7.46. The van der Waals surface area contributed by atoms with Crippen LogP contribution in [0.3, 0.4) is 0 Å². The Morgan fingerprint density at radius 3 is 2.16 bits per heavy atom. The van der Waals surface area contributed by atoms with E-state index >= 15 is 0 Å². The molecule has 0 aliphatic heterocycles. The number of hydrogen-bond acceptors (Lipinski definition) is 13. The fourth-order valence-corrected chi connectivity index (χ4v) is 5.49. The molecule has 0 saturated carbocycles. The molecule has 0 saturated heterocycles. The molecule has 0 fully saturated rings. The molecule has 11 nitrogen and oxygen atoms in total. The molecule has 0 aromatic carbocycles. The maximum atomic E-state index is 10.9. The normalized spacial score (nSPS) is 11.4. The second-order valence-electron chi connectivity index (χ2n) is 6.14. The minimum atomic E-state index is -0.500. The second-order valence-corrected chi connectivity index (χ2v) is 9.06. The predicted octanol–water partition coefficient (Wildman–Crippen LogP) is 5.32. The van der Waals surface area contributed by atoms with Crippen molar-refractivity contribution in [2.75, 3.05) is 41.7 Å². The fourth-order valence-electron chi connectivity index (χ4n) is 2.74. The maximum Gasteiger partial charge on any atom is 0.345 e. The standard InChI is InChI=1S/C17H23N9O2S3/c1-5-24(6-2)16-20-11(12-13(18)21-17(30-12)25(7-3)8-4)14(31-16)22-23-15-19-9-10(29-15)26(27)28/h9H,5-8,18H2,1-4H3/b23-22+. The molecule has 0 radical (unpaired) electrons. The molecular weight excluding hydrogens is 458 g/mol. The number of azo groups is 1. The topological polar surface area (TPSA) is 139 Å². The summed E-state index contributed by atoms with van der Waals surface area (Å²) in [7, 11) is 0. The van der Waals surface area contributed by atoms with Crippen LogP contribution in [0.5, 0.6) is 0 Å². The van der Waals surface area contributed by atoms with Crippen LogP contribution in [-0.2, 0) is 0 Å². The van der Waals surface area contributed by atoms with Crippen molar-refractivity contribution >= 4 is 65.2 Å². The Morgan fingerprint density at radius 1 is 1.00 bits per heavy atom. The molecule has 0 amide bonds. The number of rotatable bonds is 10. The Bertz CT molecular complexity index is 1070. The SMILES string of the molecule is CCN(CC)c1nc(-c2sc(N(CC)CC)nc2N)c(/N=N/c2ncc([N+](=O)[O-])s2)s1. The summed E-state index contributed by atoms with van der Waals surface area (Å²) in [6.45, 7) is 11.5. The zero-order chi connectivity index (χ0) is 22.5. The molecule has 14 heteroatoms. The summed E-state index contributed by atoms with van der Waals surface area (Å²) >= 11 is 3.72. The van der Waals surface area contributed by atoms with Gasteiger partial charge in [-0.1, -0.05) is 22.7 Å². The lowest BCUT2D eigenvalue weighted by molar-refractivity contribution is -0.380. The average Bonchev–Trinajstić information content (AvgIpc) is 3.47. The molecule has 0 bridgehead atoms. The molecule has 0 unspecified atom stereocenters. The lowest BCUT2D eigenvalue weighted by Gasteiger charge is -2.16. The van der Waals surface area contributed by atoms with E-state index in [-0.39, 0.29) is 10.1 Å². The summed E-state index contributed by atoms with van der Waals surface area (Å²) in [5.74, 6) is 0.393. The van der Waals surface area contributed by atoms with Gasteiger partial charge in [-0.15, -0.1) is 10.2 Å². The number of nitrogen functional groups attached to an aromatic ring is 1. The van der Waals surface area contributed by atoms with Crippen molar-refractivity contribution in [2.45, 2.75) is 27.7 Å². The van der Waals surface area contributed by atoms with Gasteiger partial charge in [-0.05, 0) is 39.0 Å². The number of nitro groups is 1. The van der Waals surface area contributed by atoms with Gasteiger partial charge in [0.2, 0.25) is 5.13 Å². The molecule has 31 heavy (non-hydrogen) atoms. The average molecular weight is 482 g/mol. The van der Waals surface area contributed by atoms with Gasteiger partial charge in [-0.3, -0.25) is 10.1 Å². The Morgan fingerprint density at radius 2 is 1.61 bits per heavy atom. The van der Waals surface area contributed by atoms with E-state index in [0.29, 0.717) is 16.5 Å². The van der Waals surface area contributed by atoms with Crippen LogP contribution in [0.1, 0.15) is 27.7 Å². The molecule has 0 atom stereocenters. The van der Waals surface area contributed by atoms with Gasteiger partial charge in [0.05, 0.1) is 4.92 Å². The lowest BCUT2D eigenvalue weighted by Crippen LogP contribution is -2.21. The zero-order valence-corrected chi connectivity index (χ0v) is 20.1. The second kappa shape index (κ2) is 10.1. The van der Waals surface area contributed by atoms with Crippen molar-refractivity contribution < 1.29 is 4.92 Å². The van der Waals surface area contributed by atoms with E-state index in [9.17, 15) is 10.1 Å². The van der Waals surface area contributed by atoms with Gasteiger partial charge in [-0.2, -0.15) is 0 Å². The van der Waals surface area contributed by atoms with Crippen LogP contribution in [0.25, 0.3) is 10.6 Å². The van der Waals surface area contributed by atoms with Gasteiger partial charge in [0, 0.05) is 26.2 Å². The first-order valence-electron chi connectivity index (χ1n) is 9.70. The zero-order valence-electron chi connectivity index (χ0n) is 17.6. The molecule has 0 spiro atoms. The molecule has 166 valence electrons. The van der Waals surface area contributed by atoms with Gasteiger partial charge < -0.3 is 15.5 Å². The predicted molar refractivity (Wildman–Crippen MR) is 128 cm³/mol. The molecule has 3 rings (SSSR count). The highest BCUT2D eigenvalue weighted by atomic mass is 32.1. The number of anilines is 3. The van der Waals surface area contributed by atoms with Crippen LogP contribution in [-0.4, -0.2) is 46.1 Å². The molecule has 2 N–H and O–H groups in total. The van der Waals surface area contributed by atoms with Crippen LogP contribution in [0, 0.1) is 10.1 Å². The van der Waals surface area contributed by atoms with Crippen molar-refractivity contribution in [3.63, 3.8) is 0 Å². The van der Waals surface area contributed by atoms with Gasteiger partial charge >= 0.3 is 5.00 Å². The molecule has 3 heterocycles. The number of nitrogens with two attached hydrogens (primary N) is 1. The van der Waals surface area contributed by atoms with E-state index in [1.807, 2.05) is 0 Å². The summed E-state index contributed by atoms with van der Waals surface area (Å²) < 4.78 is 0. The molecule has 3 aromatic heterocycles. The quantitative estimate of drug-likeness (QED) is 0.233. The molecule has 0 aliphatic rings. The van der Waals surface area contributed by atoms with Gasteiger partial charge in [0.25, 0.3) is 0 Å². The monoisotopic (exact) mass is 481 g/mol. The molecular formula is C17H23N9O2S3. The fraction of sp³-hybridized carbons (Fsp3) is 0.471. The van der Waals surface area contributed by atoms with E-state index in [2.05, 4.69) is 57.7 Å². The Labute approximate surface area is 191 Å². The largest absolute Gasteiger partial charge is 0.382 e. The van der Waals surface area contributed by atoms with Crippen molar-refractivity contribution in [1.29, 1.82) is 0 Å². The third kappa shape index (κ3) is 4.97. The van der Waals surface area contributed by atoms with Crippen molar-refractivity contribution in [3.8, 4) is 10.6 Å². The minimum absolute atomic E-state index is 0.0853. The van der Waals surface area contributed by atoms with Crippen LogP contribution < -0.4 is 15.5 Å². The highest BCUT2D eigenvalue weighted by Gasteiger charge is 2.23. The number of thiazole rings is 3. The number of hydrogen-bond donors (Lipinski definition) is 1. The summed E-state index contributed by atoms with van der Waals surface area (Å²) in [5.41, 5.74) is 6.86. The van der Waals surface area contributed by atoms with E-state index < -0.39 is 4.92 Å². The first-order valence-corrected chi connectivity index (χ1v) is 12.2. The van der Waals surface area contributed by atoms with Crippen molar-refractivity contribution in [1.82, 2.24) is 15.0 Å². The highest BCUT2D eigenvalue weighted by Crippen LogP contribution is 2.46. The maximum absolute atomic E-state index is 10.9. The smallest absolute Gasteiger partial charge is 0.345 e. The van der Waals surface area contributed by atoms with Crippen LogP contribution in [0.4, 0.5) is 31.2 Å². The number of aromatic nitrogens is 3. The van der Waals surface area contributed by atoms with Crippen LogP contribution in [0.2, 0.25) is 0 Å². The van der Waals surface area contributed by atoms with E-state index in [4.69, 9.17) is 10.7 Å². The summed E-state index contributed by atoms with van der Waals surface area (Å²) in [4.78, 5) is 28.6. The van der Waals surface area contributed by atoms with Gasteiger partial charge in [0.1, 0.15) is 22.6 Å². The minimum Gasteiger partial charge on any atom is -0.382 e. The van der Waals surface area contributed by atoms with E-state index in [0.717, 1.165) is 52.7 Å². The summed E-state index contributed by atoms with van der Waals surface area (Å²) in [6.07, 6.45) is 1.17. The first-order chi connectivity index (χ1) is 14.9. The Balaban J connectivity index is 2.04. The number of nitrogens with zero attached hydrogens (tertiary/aromatic N) is 8. The molecule has 3 aromatic rings. The van der Waals surface area contributed by atoms with Gasteiger partial charge in [0.15, 0.2) is 15.3 Å². The van der Waals surface area contributed by atoms with Crippen LogP contribution >= 0.6 is 34.0 Å². The third-order valence-electron chi connectivity index (χ3n) is 4.41. The Hall–Kier alpha value is -2.71. The summed E-state index contributed by atoms with van der Waals surface area (Å²) in [5, 5.41) is 21.6. The first kappa shape index (κ1) is 23.0. The molecule has 0 aliphatic carbocycles. The van der Waals surface area contributed by atoms with E-state index in [1.54, 1.807) is 0 Å². The van der Waals surface area contributed by atoms with Gasteiger partial charge in [-0.25, -0.2) is 15.0 Å². The third-order valence-corrected chi connectivity index (χ3v) is 7.38.